The van der Waals surface area contributed by atoms with E-state index in [1.165, 1.54) is 0 Å². The van der Waals surface area contributed by atoms with Crippen molar-refractivity contribution in [3.05, 3.63) is 53.3 Å². The second-order valence-corrected chi connectivity index (χ2v) is 7.89. The van der Waals surface area contributed by atoms with Crippen LogP contribution < -0.4 is 4.90 Å². The maximum absolute atomic E-state index is 12.8. The second-order valence-electron chi connectivity index (χ2n) is 7.89. The van der Waals surface area contributed by atoms with Crippen LogP contribution in [0.3, 0.4) is 0 Å². The van der Waals surface area contributed by atoms with Crippen LogP contribution >= 0.6 is 0 Å². The third-order valence-electron chi connectivity index (χ3n) is 5.96. The molecular formula is C22H25N5O2. The van der Waals surface area contributed by atoms with Gasteiger partial charge in [0.15, 0.2) is 11.4 Å². The zero-order chi connectivity index (χ0) is 19.8. The molecule has 0 unspecified atom stereocenters. The maximum Gasteiger partial charge on any atom is 0.272 e. The largest absolute Gasteiger partial charge is 0.354 e. The average molecular weight is 391 g/mol. The van der Waals surface area contributed by atoms with Crippen molar-refractivity contribution < 1.29 is 9.32 Å². The Morgan fingerprint density at radius 2 is 1.90 bits per heavy atom. The summed E-state index contributed by atoms with van der Waals surface area (Å²) in [5, 5.41) is 5.34. The highest BCUT2D eigenvalue weighted by Gasteiger charge is 2.27. The number of amides is 1. The summed E-state index contributed by atoms with van der Waals surface area (Å²) in [5.74, 6) is 1.00. The molecule has 1 amide bonds. The number of carbonyl (C=O) groups excluding carboxylic acids is 1. The van der Waals surface area contributed by atoms with Gasteiger partial charge in [0.05, 0.1) is 5.39 Å². The fourth-order valence-corrected chi connectivity index (χ4v) is 4.28. The number of aromatic nitrogens is 2. The van der Waals surface area contributed by atoms with E-state index in [9.17, 15) is 4.79 Å². The average Bonchev–Trinajstić information content (AvgIpc) is 3.18. The lowest BCUT2D eigenvalue weighted by atomic mass is 10.0. The Hall–Kier alpha value is -2.93. The molecule has 2 aliphatic rings. The van der Waals surface area contributed by atoms with Crippen LogP contribution in [0, 0.1) is 6.92 Å². The minimum absolute atomic E-state index is 0.0685. The van der Waals surface area contributed by atoms with E-state index in [1.54, 1.807) is 6.20 Å². The van der Waals surface area contributed by atoms with E-state index in [4.69, 9.17) is 4.52 Å². The lowest BCUT2D eigenvalue weighted by Gasteiger charge is -2.36. The van der Waals surface area contributed by atoms with Gasteiger partial charge in [-0.2, -0.15) is 0 Å². The number of aryl methyl sites for hydroxylation is 1. The van der Waals surface area contributed by atoms with Crippen LogP contribution in [-0.2, 0) is 6.42 Å². The molecule has 0 saturated carbocycles. The van der Waals surface area contributed by atoms with Crippen LogP contribution in [0.5, 0.6) is 0 Å². The lowest BCUT2D eigenvalue weighted by molar-refractivity contribution is 0.0710. The quantitative estimate of drug-likeness (QED) is 0.680. The van der Waals surface area contributed by atoms with Gasteiger partial charge < -0.3 is 14.3 Å². The molecule has 0 spiro atoms. The number of fused-ring (bicyclic) bond motifs is 2. The third-order valence-corrected chi connectivity index (χ3v) is 5.96. The molecule has 2 aliphatic heterocycles. The predicted molar refractivity (Wildman–Crippen MR) is 111 cm³/mol. The topological polar surface area (TPSA) is 65.7 Å². The summed E-state index contributed by atoms with van der Waals surface area (Å²) in [6.07, 6.45) is 2.68. The minimum atomic E-state index is 0.0685. The van der Waals surface area contributed by atoms with Crippen LogP contribution in [0.15, 0.2) is 41.1 Å². The highest BCUT2D eigenvalue weighted by Crippen LogP contribution is 2.26. The lowest BCUT2D eigenvalue weighted by Crippen LogP contribution is -2.50. The van der Waals surface area contributed by atoms with Gasteiger partial charge >= 0.3 is 0 Å². The first-order valence-electron chi connectivity index (χ1n) is 10.3. The van der Waals surface area contributed by atoms with Crippen LogP contribution in [0.4, 0.5) is 5.82 Å². The molecule has 0 aliphatic carbocycles. The monoisotopic (exact) mass is 391 g/mol. The van der Waals surface area contributed by atoms with Gasteiger partial charge in [-0.15, -0.1) is 0 Å². The first-order valence-corrected chi connectivity index (χ1v) is 10.3. The zero-order valence-electron chi connectivity index (χ0n) is 16.7. The third kappa shape index (κ3) is 3.46. The molecule has 1 fully saturated rings. The van der Waals surface area contributed by atoms with Crippen molar-refractivity contribution in [1.82, 2.24) is 19.9 Å². The minimum Gasteiger partial charge on any atom is -0.354 e. The Kier molecular flexibility index (Phi) is 4.67. The van der Waals surface area contributed by atoms with Gasteiger partial charge in [-0.3, -0.25) is 14.7 Å². The Balaban J connectivity index is 1.17. The van der Waals surface area contributed by atoms with Crippen molar-refractivity contribution in [3.63, 3.8) is 0 Å². The highest BCUT2D eigenvalue weighted by molar-refractivity contribution is 5.94. The van der Waals surface area contributed by atoms with Gasteiger partial charge in [0.25, 0.3) is 5.91 Å². The number of rotatable bonds is 4. The van der Waals surface area contributed by atoms with E-state index in [0.717, 1.165) is 80.1 Å². The molecule has 4 heterocycles. The van der Waals surface area contributed by atoms with Gasteiger partial charge in [-0.25, -0.2) is 0 Å². The molecule has 0 bridgehead atoms. The summed E-state index contributed by atoms with van der Waals surface area (Å²) < 4.78 is 5.45. The Morgan fingerprint density at radius 1 is 1.07 bits per heavy atom. The van der Waals surface area contributed by atoms with E-state index in [0.29, 0.717) is 5.69 Å². The number of anilines is 1. The van der Waals surface area contributed by atoms with Gasteiger partial charge in [-0.05, 0) is 36.6 Å². The number of pyridine rings is 1. The summed E-state index contributed by atoms with van der Waals surface area (Å²) in [5.41, 5.74) is 3.66. The smallest absolute Gasteiger partial charge is 0.272 e. The SMILES string of the molecule is Cc1cnc2c(c1)CCN(CCN1CCN(c3noc4ccccc34)CC1)C2=O. The number of hydrogen-bond donors (Lipinski definition) is 0. The summed E-state index contributed by atoms with van der Waals surface area (Å²) in [6, 6.07) is 10.1. The molecule has 150 valence electrons. The molecule has 2 aromatic heterocycles. The van der Waals surface area contributed by atoms with Gasteiger partial charge in [-0.1, -0.05) is 23.4 Å². The molecule has 3 aromatic rings. The van der Waals surface area contributed by atoms with Crippen molar-refractivity contribution in [2.45, 2.75) is 13.3 Å². The number of para-hydroxylation sites is 1. The Labute approximate surface area is 169 Å². The number of carbonyl (C=O) groups is 1. The zero-order valence-corrected chi connectivity index (χ0v) is 16.7. The second kappa shape index (κ2) is 7.48. The Morgan fingerprint density at radius 3 is 2.76 bits per heavy atom. The molecule has 7 nitrogen and oxygen atoms in total. The first-order chi connectivity index (χ1) is 14.2. The molecule has 0 N–H and O–H groups in total. The predicted octanol–water partition coefficient (Wildman–Crippen LogP) is 2.35. The summed E-state index contributed by atoms with van der Waals surface area (Å²) in [4.78, 5) is 23.8. The van der Waals surface area contributed by atoms with E-state index in [2.05, 4.69) is 32.1 Å². The van der Waals surface area contributed by atoms with Gasteiger partial charge in [0.2, 0.25) is 0 Å². The van der Waals surface area contributed by atoms with E-state index in [1.807, 2.05) is 30.0 Å². The van der Waals surface area contributed by atoms with Crippen LogP contribution in [0.25, 0.3) is 11.0 Å². The van der Waals surface area contributed by atoms with Crippen molar-refractivity contribution in [2.75, 3.05) is 50.7 Å². The van der Waals surface area contributed by atoms with Crippen LogP contribution in [-0.4, -0.2) is 71.7 Å². The molecule has 7 heteroatoms. The van der Waals surface area contributed by atoms with Gasteiger partial charge in [0, 0.05) is 52.0 Å². The molecule has 1 saturated heterocycles. The fourth-order valence-electron chi connectivity index (χ4n) is 4.28. The summed E-state index contributed by atoms with van der Waals surface area (Å²) >= 11 is 0. The van der Waals surface area contributed by atoms with Crippen molar-refractivity contribution in [3.8, 4) is 0 Å². The molecule has 0 atom stereocenters. The van der Waals surface area contributed by atoms with Crippen LogP contribution in [0.1, 0.15) is 21.6 Å². The fraction of sp³-hybridized carbons (Fsp3) is 0.409. The summed E-state index contributed by atoms with van der Waals surface area (Å²) in [7, 11) is 0. The molecular weight excluding hydrogens is 366 g/mol. The maximum atomic E-state index is 12.8. The number of nitrogens with zero attached hydrogens (tertiary/aromatic N) is 5. The standard InChI is InChI=1S/C22H25N5O2/c1-16-14-17-6-7-27(22(28)20(17)23-15-16)13-10-25-8-11-26(12-9-25)21-18-4-2-3-5-19(18)29-24-21/h2-5,14-15H,6-13H2,1H3. The molecule has 29 heavy (non-hydrogen) atoms. The van der Waals surface area contributed by atoms with Crippen molar-refractivity contribution >= 4 is 22.7 Å². The number of piperazine rings is 1. The molecule has 1 aromatic carbocycles. The Bertz CT molecular complexity index is 1040. The first kappa shape index (κ1) is 18.1. The molecule has 5 rings (SSSR count). The highest BCUT2D eigenvalue weighted by atomic mass is 16.5. The summed E-state index contributed by atoms with van der Waals surface area (Å²) in [6.45, 7) is 8.17. The van der Waals surface area contributed by atoms with Crippen LogP contribution in [0.2, 0.25) is 0 Å². The normalized spacial score (nSPS) is 17.8. The van der Waals surface area contributed by atoms with Crippen molar-refractivity contribution in [2.24, 2.45) is 0 Å². The number of hydrogen-bond acceptors (Lipinski definition) is 6. The van der Waals surface area contributed by atoms with E-state index < -0.39 is 0 Å². The molecule has 0 radical (unpaired) electrons. The number of benzene rings is 1. The van der Waals surface area contributed by atoms with Gasteiger partial charge in [0.1, 0.15) is 5.69 Å². The van der Waals surface area contributed by atoms with Crippen molar-refractivity contribution in [1.29, 1.82) is 0 Å². The van der Waals surface area contributed by atoms with E-state index in [-0.39, 0.29) is 5.91 Å². The van der Waals surface area contributed by atoms with E-state index >= 15 is 0 Å².